The topological polar surface area (TPSA) is 42.2 Å². The summed E-state index contributed by atoms with van der Waals surface area (Å²) in [5.74, 6) is 0. The number of benzene rings is 1. The molecule has 0 aliphatic carbocycles. The lowest BCUT2D eigenvalue weighted by atomic mass is 10.2. The molecule has 4 heteroatoms. The van der Waals surface area contributed by atoms with Crippen LogP contribution in [0.2, 0.25) is 5.02 Å². The van der Waals surface area contributed by atoms with Gasteiger partial charge in [-0.05, 0) is 42.3 Å². The van der Waals surface area contributed by atoms with E-state index in [0.717, 1.165) is 36.4 Å². The van der Waals surface area contributed by atoms with Crippen molar-refractivity contribution in [2.75, 3.05) is 17.2 Å². The molecular weight excluding hydrogens is 258 g/mol. The van der Waals surface area contributed by atoms with Crippen LogP contribution in [0.4, 0.5) is 11.4 Å². The minimum Gasteiger partial charge on any atom is -0.399 e. The lowest BCUT2D eigenvalue weighted by Crippen LogP contribution is -2.23. The highest BCUT2D eigenvalue weighted by Gasteiger charge is 2.08. The second-order valence-corrected chi connectivity index (χ2v) is 4.89. The highest BCUT2D eigenvalue weighted by Crippen LogP contribution is 2.22. The first kappa shape index (κ1) is 13.7. The van der Waals surface area contributed by atoms with Crippen LogP contribution in [0.15, 0.2) is 42.7 Å². The molecule has 3 nitrogen and oxygen atoms in total. The number of hydrogen-bond acceptors (Lipinski definition) is 3. The van der Waals surface area contributed by atoms with Gasteiger partial charge in [-0.2, -0.15) is 0 Å². The third-order valence-corrected chi connectivity index (χ3v) is 3.31. The SMILES string of the molecule is CCCN(Cc1ccncc1Cl)c1ccc(N)cc1. The average molecular weight is 276 g/mol. The molecule has 0 spiro atoms. The van der Waals surface area contributed by atoms with Gasteiger partial charge in [-0.3, -0.25) is 4.98 Å². The van der Waals surface area contributed by atoms with E-state index in [-0.39, 0.29) is 0 Å². The van der Waals surface area contributed by atoms with Gasteiger partial charge in [0.25, 0.3) is 0 Å². The normalized spacial score (nSPS) is 10.4. The van der Waals surface area contributed by atoms with Crippen LogP contribution in [-0.4, -0.2) is 11.5 Å². The van der Waals surface area contributed by atoms with E-state index in [2.05, 4.69) is 16.8 Å². The summed E-state index contributed by atoms with van der Waals surface area (Å²) >= 11 is 6.17. The summed E-state index contributed by atoms with van der Waals surface area (Å²) in [4.78, 5) is 6.31. The maximum atomic E-state index is 6.17. The van der Waals surface area contributed by atoms with Gasteiger partial charge >= 0.3 is 0 Å². The predicted octanol–water partition coefficient (Wildman–Crippen LogP) is 3.73. The smallest absolute Gasteiger partial charge is 0.0639 e. The zero-order valence-corrected chi connectivity index (χ0v) is 11.8. The fourth-order valence-corrected chi connectivity index (χ4v) is 2.17. The van der Waals surface area contributed by atoms with E-state index < -0.39 is 0 Å². The highest BCUT2D eigenvalue weighted by atomic mass is 35.5. The summed E-state index contributed by atoms with van der Waals surface area (Å²) < 4.78 is 0. The molecule has 0 radical (unpaired) electrons. The fourth-order valence-electron chi connectivity index (χ4n) is 1.99. The molecule has 0 aliphatic heterocycles. The average Bonchev–Trinajstić information content (AvgIpc) is 2.42. The summed E-state index contributed by atoms with van der Waals surface area (Å²) in [7, 11) is 0. The van der Waals surface area contributed by atoms with Gasteiger partial charge in [-0.15, -0.1) is 0 Å². The van der Waals surface area contributed by atoms with Gasteiger partial charge in [0.1, 0.15) is 0 Å². The van der Waals surface area contributed by atoms with Crippen molar-refractivity contribution in [3.63, 3.8) is 0 Å². The Morgan fingerprint density at radius 2 is 1.95 bits per heavy atom. The van der Waals surface area contributed by atoms with Gasteiger partial charge < -0.3 is 10.6 Å². The number of hydrogen-bond donors (Lipinski definition) is 1. The van der Waals surface area contributed by atoms with E-state index >= 15 is 0 Å². The van der Waals surface area contributed by atoms with Crippen molar-refractivity contribution >= 4 is 23.0 Å². The first-order valence-electron chi connectivity index (χ1n) is 6.39. The summed E-state index contributed by atoms with van der Waals surface area (Å²) in [6.07, 6.45) is 4.53. The van der Waals surface area contributed by atoms with Crippen molar-refractivity contribution in [2.45, 2.75) is 19.9 Å². The monoisotopic (exact) mass is 275 g/mol. The first-order chi connectivity index (χ1) is 9.20. The van der Waals surface area contributed by atoms with Crippen LogP contribution in [0.25, 0.3) is 0 Å². The van der Waals surface area contributed by atoms with Crippen LogP contribution in [0.3, 0.4) is 0 Å². The lowest BCUT2D eigenvalue weighted by Gasteiger charge is -2.25. The summed E-state index contributed by atoms with van der Waals surface area (Å²) in [6.45, 7) is 3.92. The van der Waals surface area contributed by atoms with Gasteiger partial charge in [-0.25, -0.2) is 0 Å². The minimum absolute atomic E-state index is 0.707. The van der Waals surface area contributed by atoms with Crippen LogP contribution in [0.5, 0.6) is 0 Å². The lowest BCUT2D eigenvalue weighted by molar-refractivity contribution is 0.767. The van der Waals surface area contributed by atoms with Crippen LogP contribution in [0.1, 0.15) is 18.9 Å². The molecule has 1 aromatic heterocycles. The Bertz CT molecular complexity index is 525. The first-order valence-corrected chi connectivity index (χ1v) is 6.77. The van der Waals surface area contributed by atoms with Crippen molar-refractivity contribution in [3.05, 3.63) is 53.3 Å². The van der Waals surface area contributed by atoms with Gasteiger partial charge in [0.15, 0.2) is 0 Å². The molecule has 1 heterocycles. The molecule has 0 amide bonds. The molecule has 19 heavy (non-hydrogen) atoms. The van der Waals surface area contributed by atoms with Gasteiger partial charge in [0.05, 0.1) is 5.02 Å². The maximum absolute atomic E-state index is 6.17. The van der Waals surface area contributed by atoms with Crippen molar-refractivity contribution in [1.29, 1.82) is 0 Å². The number of anilines is 2. The summed E-state index contributed by atoms with van der Waals surface area (Å²) in [6, 6.07) is 9.89. The van der Waals surface area contributed by atoms with Crippen LogP contribution in [-0.2, 0) is 6.54 Å². The zero-order valence-electron chi connectivity index (χ0n) is 11.0. The third-order valence-electron chi connectivity index (χ3n) is 2.97. The second kappa shape index (κ2) is 6.43. The predicted molar refractivity (Wildman–Crippen MR) is 81.4 cm³/mol. The Morgan fingerprint density at radius 1 is 1.21 bits per heavy atom. The number of nitrogens with two attached hydrogens (primary N) is 1. The molecule has 2 N–H and O–H groups in total. The van der Waals surface area contributed by atoms with Gasteiger partial charge in [0.2, 0.25) is 0 Å². The Balaban J connectivity index is 2.21. The number of nitrogen functional groups attached to an aromatic ring is 1. The molecule has 0 bridgehead atoms. The summed E-state index contributed by atoms with van der Waals surface area (Å²) in [5.41, 5.74) is 8.75. The molecule has 1 aromatic carbocycles. The Morgan fingerprint density at radius 3 is 2.58 bits per heavy atom. The van der Waals surface area contributed by atoms with Gasteiger partial charge in [-0.1, -0.05) is 18.5 Å². The molecule has 2 aromatic rings. The molecule has 100 valence electrons. The second-order valence-electron chi connectivity index (χ2n) is 4.48. The fraction of sp³-hybridized carbons (Fsp3) is 0.267. The third kappa shape index (κ3) is 3.61. The van der Waals surface area contributed by atoms with Gasteiger partial charge in [0, 0.05) is 36.9 Å². The largest absolute Gasteiger partial charge is 0.399 e. The van der Waals surface area contributed by atoms with Crippen molar-refractivity contribution in [1.82, 2.24) is 4.98 Å². The van der Waals surface area contributed by atoms with E-state index in [1.54, 1.807) is 12.4 Å². The highest BCUT2D eigenvalue weighted by molar-refractivity contribution is 6.31. The standard InChI is InChI=1S/C15H18ClN3/c1-2-9-19(14-5-3-13(17)4-6-14)11-12-7-8-18-10-15(12)16/h3-8,10H,2,9,11,17H2,1H3. The van der Waals surface area contributed by atoms with Crippen LogP contribution in [0, 0.1) is 0 Å². The number of nitrogens with zero attached hydrogens (tertiary/aromatic N) is 2. The molecule has 0 saturated carbocycles. The van der Waals surface area contributed by atoms with Crippen molar-refractivity contribution in [3.8, 4) is 0 Å². The number of halogens is 1. The molecule has 2 rings (SSSR count). The summed E-state index contributed by atoms with van der Waals surface area (Å²) in [5, 5.41) is 0.707. The van der Waals surface area contributed by atoms with E-state index in [0.29, 0.717) is 5.02 Å². The van der Waals surface area contributed by atoms with E-state index in [4.69, 9.17) is 17.3 Å². The molecule has 0 unspecified atom stereocenters. The Kier molecular flexibility index (Phi) is 4.63. The van der Waals surface area contributed by atoms with Crippen LogP contribution >= 0.6 is 11.6 Å². The molecule has 0 aliphatic rings. The zero-order chi connectivity index (χ0) is 13.7. The van der Waals surface area contributed by atoms with E-state index in [1.807, 2.05) is 30.3 Å². The molecule has 0 saturated heterocycles. The molecular formula is C15H18ClN3. The number of rotatable bonds is 5. The van der Waals surface area contributed by atoms with E-state index in [9.17, 15) is 0 Å². The maximum Gasteiger partial charge on any atom is 0.0639 e. The van der Waals surface area contributed by atoms with E-state index in [1.165, 1.54) is 0 Å². The Hall–Kier alpha value is -1.74. The molecule has 0 fully saturated rings. The van der Waals surface area contributed by atoms with Crippen molar-refractivity contribution < 1.29 is 0 Å². The number of pyridine rings is 1. The van der Waals surface area contributed by atoms with Crippen molar-refractivity contribution in [2.24, 2.45) is 0 Å². The quantitative estimate of drug-likeness (QED) is 0.846. The molecule has 0 atom stereocenters. The van der Waals surface area contributed by atoms with Crippen LogP contribution < -0.4 is 10.6 Å². The Labute approximate surface area is 119 Å². The minimum atomic E-state index is 0.707. The number of aromatic nitrogens is 1.